The minimum absolute atomic E-state index is 0.124. The van der Waals surface area contributed by atoms with Crippen molar-refractivity contribution in [3.63, 3.8) is 0 Å². The normalized spacial score (nSPS) is 12.3. The Morgan fingerprint density at radius 2 is 2.33 bits per heavy atom. The van der Waals surface area contributed by atoms with Crippen LogP contribution in [-0.4, -0.2) is 22.5 Å². The first-order valence-corrected chi connectivity index (χ1v) is 6.90. The predicted octanol–water partition coefficient (Wildman–Crippen LogP) is 3.10. The van der Waals surface area contributed by atoms with Crippen molar-refractivity contribution >= 4 is 5.97 Å². The molecule has 0 aliphatic carbocycles. The summed E-state index contributed by atoms with van der Waals surface area (Å²) < 4.78 is 5.31. The highest BCUT2D eigenvalue weighted by Crippen LogP contribution is 2.13. The van der Waals surface area contributed by atoms with E-state index in [4.69, 9.17) is 4.74 Å². The number of rotatable bonds is 9. The molecule has 0 aromatic carbocycles. The molecule has 1 rings (SSSR count). The van der Waals surface area contributed by atoms with Gasteiger partial charge in [-0.15, -0.1) is 0 Å². The van der Waals surface area contributed by atoms with Gasteiger partial charge in [0.1, 0.15) is 5.82 Å². The zero-order chi connectivity index (χ0) is 13.2. The molecule has 18 heavy (non-hydrogen) atoms. The molecule has 0 saturated carbocycles. The SMILES string of the molecule is CCCCC(CC)COC(=O)CCc1ncc[nH]1. The summed E-state index contributed by atoms with van der Waals surface area (Å²) in [5.74, 6) is 1.23. The highest BCUT2D eigenvalue weighted by molar-refractivity contribution is 5.69. The molecule has 1 heterocycles. The monoisotopic (exact) mass is 252 g/mol. The van der Waals surface area contributed by atoms with Crippen LogP contribution in [-0.2, 0) is 16.0 Å². The van der Waals surface area contributed by atoms with E-state index in [2.05, 4.69) is 23.8 Å². The Hall–Kier alpha value is -1.32. The van der Waals surface area contributed by atoms with Gasteiger partial charge in [0.05, 0.1) is 13.0 Å². The number of imidazole rings is 1. The van der Waals surface area contributed by atoms with Crippen LogP contribution in [0.3, 0.4) is 0 Å². The standard InChI is InChI=1S/C14H24N2O2/c1-3-5-6-12(4-2)11-18-14(17)8-7-13-15-9-10-16-13/h9-10,12H,3-8,11H2,1-2H3,(H,15,16). The number of nitrogens with zero attached hydrogens (tertiary/aromatic N) is 1. The molecule has 0 fully saturated rings. The Kier molecular flexibility index (Phi) is 7.14. The highest BCUT2D eigenvalue weighted by atomic mass is 16.5. The van der Waals surface area contributed by atoms with Crippen molar-refractivity contribution < 1.29 is 9.53 Å². The van der Waals surface area contributed by atoms with Gasteiger partial charge in [0, 0.05) is 18.8 Å². The molecule has 1 N–H and O–H groups in total. The molecule has 0 aliphatic rings. The summed E-state index contributed by atoms with van der Waals surface area (Å²) in [6.07, 6.45) is 9.11. The second-order valence-corrected chi connectivity index (χ2v) is 4.64. The van der Waals surface area contributed by atoms with Crippen molar-refractivity contribution in [2.75, 3.05) is 6.61 Å². The van der Waals surface area contributed by atoms with E-state index >= 15 is 0 Å². The van der Waals surface area contributed by atoms with Crippen LogP contribution < -0.4 is 0 Å². The first kappa shape index (κ1) is 14.7. The lowest BCUT2D eigenvalue weighted by atomic mass is 10.0. The summed E-state index contributed by atoms with van der Waals surface area (Å²) >= 11 is 0. The number of hydrogen-bond donors (Lipinski definition) is 1. The van der Waals surface area contributed by atoms with E-state index in [1.165, 1.54) is 12.8 Å². The van der Waals surface area contributed by atoms with Crippen LogP contribution in [0.25, 0.3) is 0 Å². The summed E-state index contributed by atoms with van der Waals surface area (Å²) in [7, 11) is 0. The molecular formula is C14H24N2O2. The van der Waals surface area contributed by atoms with E-state index in [-0.39, 0.29) is 5.97 Å². The van der Waals surface area contributed by atoms with Crippen LogP contribution >= 0.6 is 0 Å². The second-order valence-electron chi connectivity index (χ2n) is 4.64. The van der Waals surface area contributed by atoms with Gasteiger partial charge in [0.15, 0.2) is 0 Å². The highest BCUT2D eigenvalue weighted by Gasteiger charge is 2.10. The summed E-state index contributed by atoms with van der Waals surface area (Å²) in [6.45, 7) is 4.90. The number of aromatic nitrogens is 2. The fourth-order valence-electron chi connectivity index (χ4n) is 1.84. The fraction of sp³-hybridized carbons (Fsp3) is 0.714. The van der Waals surface area contributed by atoms with Crippen LogP contribution in [0.15, 0.2) is 12.4 Å². The van der Waals surface area contributed by atoms with Gasteiger partial charge in [-0.1, -0.05) is 33.1 Å². The van der Waals surface area contributed by atoms with E-state index < -0.39 is 0 Å². The van der Waals surface area contributed by atoms with Gasteiger partial charge in [-0.05, 0) is 12.3 Å². The average molecular weight is 252 g/mol. The molecule has 102 valence electrons. The van der Waals surface area contributed by atoms with Crippen LogP contribution in [0.4, 0.5) is 0 Å². The number of esters is 1. The van der Waals surface area contributed by atoms with E-state index in [0.29, 0.717) is 25.4 Å². The topological polar surface area (TPSA) is 55.0 Å². The summed E-state index contributed by atoms with van der Waals surface area (Å²) in [5.41, 5.74) is 0. The molecule has 0 bridgehead atoms. The number of aromatic amines is 1. The number of nitrogens with one attached hydrogen (secondary N) is 1. The Balaban J connectivity index is 2.15. The number of carbonyl (C=O) groups is 1. The van der Waals surface area contributed by atoms with Gasteiger partial charge >= 0.3 is 5.97 Å². The summed E-state index contributed by atoms with van der Waals surface area (Å²) in [6, 6.07) is 0. The molecule has 4 heteroatoms. The maximum absolute atomic E-state index is 11.6. The van der Waals surface area contributed by atoms with Crippen molar-refractivity contribution in [1.82, 2.24) is 9.97 Å². The largest absolute Gasteiger partial charge is 0.465 e. The Bertz CT molecular complexity index is 323. The van der Waals surface area contributed by atoms with Gasteiger partial charge in [0.2, 0.25) is 0 Å². The third kappa shape index (κ3) is 5.84. The summed E-state index contributed by atoms with van der Waals surface area (Å²) in [4.78, 5) is 18.6. The number of aryl methyl sites for hydroxylation is 1. The van der Waals surface area contributed by atoms with Crippen molar-refractivity contribution in [1.29, 1.82) is 0 Å². The van der Waals surface area contributed by atoms with Gasteiger partial charge in [-0.25, -0.2) is 4.98 Å². The van der Waals surface area contributed by atoms with Crippen LogP contribution in [0, 0.1) is 5.92 Å². The molecule has 1 aromatic rings. The Morgan fingerprint density at radius 3 is 2.94 bits per heavy atom. The van der Waals surface area contributed by atoms with Crippen molar-refractivity contribution in [2.24, 2.45) is 5.92 Å². The van der Waals surface area contributed by atoms with Crippen LogP contribution in [0.5, 0.6) is 0 Å². The van der Waals surface area contributed by atoms with E-state index in [0.717, 1.165) is 18.7 Å². The zero-order valence-corrected chi connectivity index (χ0v) is 11.4. The average Bonchev–Trinajstić information content (AvgIpc) is 2.89. The van der Waals surface area contributed by atoms with Crippen molar-refractivity contribution in [3.8, 4) is 0 Å². The smallest absolute Gasteiger partial charge is 0.306 e. The van der Waals surface area contributed by atoms with Gasteiger partial charge in [-0.3, -0.25) is 4.79 Å². The fourth-order valence-corrected chi connectivity index (χ4v) is 1.84. The maximum atomic E-state index is 11.6. The van der Waals surface area contributed by atoms with Crippen LogP contribution in [0.1, 0.15) is 51.8 Å². The molecule has 1 unspecified atom stereocenters. The lowest BCUT2D eigenvalue weighted by Gasteiger charge is -2.14. The summed E-state index contributed by atoms with van der Waals surface area (Å²) in [5, 5.41) is 0. The second kappa shape index (κ2) is 8.72. The zero-order valence-electron chi connectivity index (χ0n) is 11.4. The van der Waals surface area contributed by atoms with E-state index in [1.807, 2.05) is 0 Å². The van der Waals surface area contributed by atoms with Gasteiger partial charge in [-0.2, -0.15) is 0 Å². The molecule has 4 nitrogen and oxygen atoms in total. The van der Waals surface area contributed by atoms with Crippen molar-refractivity contribution in [3.05, 3.63) is 18.2 Å². The number of H-pyrrole nitrogens is 1. The minimum atomic E-state index is -0.124. The Morgan fingerprint density at radius 1 is 1.50 bits per heavy atom. The molecule has 0 aliphatic heterocycles. The quantitative estimate of drug-likeness (QED) is 0.687. The molecule has 0 radical (unpaired) electrons. The number of carbonyl (C=O) groups excluding carboxylic acids is 1. The number of hydrogen-bond acceptors (Lipinski definition) is 3. The number of unbranched alkanes of at least 4 members (excludes halogenated alkanes) is 1. The molecule has 1 aromatic heterocycles. The third-order valence-electron chi connectivity index (χ3n) is 3.14. The minimum Gasteiger partial charge on any atom is -0.465 e. The molecular weight excluding hydrogens is 228 g/mol. The third-order valence-corrected chi connectivity index (χ3v) is 3.14. The van der Waals surface area contributed by atoms with Gasteiger partial charge < -0.3 is 9.72 Å². The first-order valence-electron chi connectivity index (χ1n) is 6.90. The molecule has 1 atom stereocenters. The maximum Gasteiger partial charge on any atom is 0.306 e. The van der Waals surface area contributed by atoms with Crippen molar-refractivity contribution in [2.45, 2.75) is 52.4 Å². The lowest BCUT2D eigenvalue weighted by Crippen LogP contribution is -2.14. The van der Waals surface area contributed by atoms with E-state index in [1.54, 1.807) is 12.4 Å². The molecule has 0 spiro atoms. The lowest BCUT2D eigenvalue weighted by molar-refractivity contribution is -0.145. The van der Waals surface area contributed by atoms with Crippen LogP contribution in [0.2, 0.25) is 0 Å². The predicted molar refractivity (Wildman–Crippen MR) is 71.2 cm³/mol. The van der Waals surface area contributed by atoms with Gasteiger partial charge in [0.25, 0.3) is 0 Å². The van der Waals surface area contributed by atoms with E-state index in [9.17, 15) is 4.79 Å². The Labute approximate surface area is 109 Å². The molecule has 0 saturated heterocycles. The number of ether oxygens (including phenoxy) is 1. The molecule has 0 amide bonds. The first-order chi connectivity index (χ1) is 8.76.